The van der Waals surface area contributed by atoms with Gasteiger partial charge in [0.05, 0.1) is 7.11 Å². The number of nitrogens with one attached hydrogen (secondary N) is 2. The summed E-state index contributed by atoms with van der Waals surface area (Å²) in [6.45, 7) is 2.16. The second-order valence-electron chi connectivity index (χ2n) is 5.33. The van der Waals surface area contributed by atoms with Crippen molar-refractivity contribution in [2.45, 2.75) is 30.2 Å². The molecule has 0 unspecified atom stereocenters. The predicted molar refractivity (Wildman–Crippen MR) is 96.2 cm³/mol. The van der Waals surface area contributed by atoms with Gasteiger partial charge in [-0.15, -0.1) is 0 Å². The van der Waals surface area contributed by atoms with Gasteiger partial charge in [0, 0.05) is 17.1 Å². The summed E-state index contributed by atoms with van der Waals surface area (Å²) in [7, 11) is 1.60. The van der Waals surface area contributed by atoms with Gasteiger partial charge in [0.1, 0.15) is 11.8 Å². The van der Waals surface area contributed by atoms with E-state index in [4.69, 9.17) is 4.74 Å². The molecule has 0 saturated heterocycles. The van der Waals surface area contributed by atoms with E-state index in [0.29, 0.717) is 28.9 Å². The molecule has 7 heteroatoms. The van der Waals surface area contributed by atoms with Crippen molar-refractivity contribution in [1.29, 1.82) is 0 Å². The molecular formula is C18H20F2N2O2S. The Balaban J connectivity index is 1.82. The normalized spacial score (nSPS) is 11.9. The Kier molecular flexibility index (Phi) is 7.06. The van der Waals surface area contributed by atoms with Crippen molar-refractivity contribution in [2.24, 2.45) is 0 Å². The number of amides is 1. The number of methoxy groups -OCH3 is 1. The maximum absolute atomic E-state index is 12.3. The molecule has 1 amide bonds. The Bertz CT molecular complexity index is 678. The van der Waals surface area contributed by atoms with E-state index >= 15 is 0 Å². The molecular weight excluding hydrogens is 346 g/mol. The van der Waals surface area contributed by atoms with Gasteiger partial charge in [-0.05, 0) is 48.9 Å². The first-order chi connectivity index (χ1) is 12.0. The van der Waals surface area contributed by atoms with E-state index in [1.54, 1.807) is 38.3 Å². The minimum atomic E-state index is -2.44. The summed E-state index contributed by atoms with van der Waals surface area (Å²) in [5.41, 5.74) is 1.67. The van der Waals surface area contributed by atoms with Crippen LogP contribution in [0.4, 0.5) is 14.5 Å². The van der Waals surface area contributed by atoms with Gasteiger partial charge in [0.2, 0.25) is 5.91 Å². The highest BCUT2D eigenvalue weighted by Crippen LogP contribution is 2.26. The Morgan fingerprint density at radius 1 is 1.12 bits per heavy atom. The van der Waals surface area contributed by atoms with Gasteiger partial charge in [-0.25, -0.2) is 0 Å². The molecule has 0 heterocycles. The van der Waals surface area contributed by atoms with Gasteiger partial charge in [-0.3, -0.25) is 4.79 Å². The minimum absolute atomic E-state index is 0.151. The van der Waals surface area contributed by atoms with Crippen LogP contribution in [0, 0.1) is 0 Å². The molecule has 2 aromatic rings. The lowest BCUT2D eigenvalue weighted by Gasteiger charge is -2.15. The van der Waals surface area contributed by atoms with Crippen molar-refractivity contribution in [1.82, 2.24) is 5.32 Å². The van der Waals surface area contributed by atoms with Crippen molar-refractivity contribution in [3.8, 4) is 5.75 Å². The van der Waals surface area contributed by atoms with E-state index in [9.17, 15) is 13.6 Å². The van der Waals surface area contributed by atoms with Gasteiger partial charge in [-0.1, -0.05) is 23.9 Å². The summed E-state index contributed by atoms with van der Waals surface area (Å²) in [5, 5.41) is 5.90. The average Bonchev–Trinajstić information content (AvgIpc) is 2.61. The molecule has 0 fully saturated rings. The summed E-state index contributed by atoms with van der Waals surface area (Å²) in [4.78, 5) is 12.6. The van der Waals surface area contributed by atoms with E-state index < -0.39 is 11.8 Å². The smallest absolute Gasteiger partial charge is 0.288 e. The molecule has 2 N–H and O–H groups in total. The number of hydrogen-bond acceptors (Lipinski definition) is 4. The molecule has 0 aromatic heterocycles. The zero-order valence-corrected chi connectivity index (χ0v) is 14.8. The molecule has 25 heavy (non-hydrogen) atoms. The number of alkyl halides is 2. The molecule has 4 nitrogen and oxygen atoms in total. The number of carbonyl (C=O) groups is 1. The van der Waals surface area contributed by atoms with Gasteiger partial charge in [-0.2, -0.15) is 8.78 Å². The number of anilines is 1. The standard InChI is InChI=1S/C18H20F2N2O2S/c1-12(22-14-5-9-16(10-6-14)25-18(19)20)17(23)21-11-13-3-7-15(24-2)8-4-13/h3-10,12,18,22H,11H2,1-2H3,(H,21,23)/t12-/m1/s1. The SMILES string of the molecule is COc1ccc(CNC(=O)[C@@H](C)Nc2ccc(SC(F)F)cc2)cc1. The Morgan fingerprint density at radius 3 is 2.32 bits per heavy atom. The van der Waals surface area contributed by atoms with Crippen molar-refractivity contribution in [3.05, 3.63) is 54.1 Å². The first-order valence-electron chi connectivity index (χ1n) is 7.70. The third-order valence-corrected chi connectivity index (χ3v) is 4.20. The van der Waals surface area contributed by atoms with Crippen molar-refractivity contribution >= 4 is 23.4 Å². The Hall–Kier alpha value is -2.28. The van der Waals surface area contributed by atoms with Crippen molar-refractivity contribution in [3.63, 3.8) is 0 Å². The van der Waals surface area contributed by atoms with Gasteiger partial charge < -0.3 is 15.4 Å². The van der Waals surface area contributed by atoms with E-state index in [2.05, 4.69) is 10.6 Å². The lowest BCUT2D eigenvalue weighted by atomic mass is 10.2. The van der Waals surface area contributed by atoms with E-state index in [1.165, 1.54) is 0 Å². The highest BCUT2D eigenvalue weighted by Gasteiger charge is 2.12. The van der Waals surface area contributed by atoms with Crippen LogP contribution in [0.2, 0.25) is 0 Å². The second-order valence-corrected chi connectivity index (χ2v) is 6.40. The monoisotopic (exact) mass is 366 g/mol. The van der Waals surface area contributed by atoms with Crippen LogP contribution in [0.5, 0.6) is 5.75 Å². The minimum Gasteiger partial charge on any atom is -0.497 e. The van der Waals surface area contributed by atoms with Crippen molar-refractivity contribution < 1.29 is 18.3 Å². The average molecular weight is 366 g/mol. The third-order valence-electron chi connectivity index (χ3n) is 3.48. The van der Waals surface area contributed by atoms with Crippen molar-refractivity contribution in [2.75, 3.05) is 12.4 Å². The topological polar surface area (TPSA) is 50.4 Å². The number of thioether (sulfide) groups is 1. The summed E-state index contributed by atoms with van der Waals surface area (Å²) in [6.07, 6.45) is 0. The Morgan fingerprint density at radius 2 is 1.76 bits per heavy atom. The van der Waals surface area contributed by atoms with Crippen LogP contribution in [-0.4, -0.2) is 24.8 Å². The molecule has 0 spiro atoms. The van der Waals surface area contributed by atoms with Crippen LogP contribution < -0.4 is 15.4 Å². The van der Waals surface area contributed by atoms with Crippen LogP contribution in [0.1, 0.15) is 12.5 Å². The molecule has 2 rings (SSSR count). The molecule has 0 radical (unpaired) electrons. The van der Waals surface area contributed by atoms with Crippen LogP contribution in [0.25, 0.3) is 0 Å². The zero-order valence-electron chi connectivity index (χ0n) is 14.0. The third kappa shape index (κ3) is 6.26. The number of rotatable bonds is 8. The molecule has 0 saturated carbocycles. The highest BCUT2D eigenvalue weighted by atomic mass is 32.2. The molecule has 0 aliphatic rings. The molecule has 1 atom stereocenters. The molecule has 2 aromatic carbocycles. The molecule has 134 valence electrons. The first-order valence-corrected chi connectivity index (χ1v) is 8.58. The van der Waals surface area contributed by atoms with E-state index in [-0.39, 0.29) is 5.91 Å². The lowest BCUT2D eigenvalue weighted by Crippen LogP contribution is -2.37. The second kappa shape index (κ2) is 9.27. The fourth-order valence-electron chi connectivity index (χ4n) is 2.13. The van der Waals surface area contributed by atoms with Crippen LogP contribution in [0.15, 0.2) is 53.4 Å². The number of carbonyl (C=O) groups excluding carboxylic acids is 1. The van der Waals surface area contributed by atoms with Crippen LogP contribution in [0.3, 0.4) is 0 Å². The number of benzene rings is 2. The number of ether oxygens (including phenoxy) is 1. The summed E-state index contributed by atoms with van der Waals surface area (Å²) >= 11 is 0.491. The Labute approximate surface area is 150 Å². The quantitative estimate of drug-likeness (QED) is 0.690. The van der Waals surface area contributed by atoms with Crippen LogP contribution in [-0.2, 0) is 11.3 Å². The predicted octanol–water partition coefficient (Wildman–Crippen LogP) is 4.13. The van der Waals surface area contributed by atoms with Gasteiger partial charge >= 0.3 is 0 Å². The zero-order chi connectivity index (χ0) is 18.2. The fraction of sp³-hybridized carbons (Fsp3) is 0.278. The lowest BCUT2D eigenvalue weighted by molar-refractivity contribution is -0.121. The van der Waals surface area contributed by atoms with E-state index in [1.807, 2.05) is 24.3 Å². The maximum atomic E-state index is 12.3. The van der Waals surface area contributed by atoms with Gasteiger partial charge in [0.15, 0.2) is 0 Å². The fourth-order valence-corrected chi connectivity index (χ4v) is 2.63. The summed E-state index contributed by atoms with van der Waals surface area (Å²) in [5.74, 6) is -1.83. The maximum Gasteiger partial charge on any atom is 0.288 e. The van der Waals surface area contributed by atoms with Crippen LogP contribution >= 0.6 is 11.8 Å². The number of hydrogen-bond donors (Lipinski definition) is 2. The first kappa shape index (κ1) is 19.1. The molecule has 0 aliphatic heterocycles. The molecule has 0 aliphatic carbocycles. The highest BCUT2D eigenvalue weighted by molar-refractivity contribution is 7.99. The van der Waals surface area contributed by atoms with E-state index in [0.717, 1.165) is 11.3 Å². The molecule has 0 bridgehead atoms. The van der Waals surface area contributed by atoms with Gasteiger partial charge in [0.25, 0.3) is 5.76 Å². The summed E-state index contributed by atoms with van der Waals surface area (Å²) in [6, 6.07) is 13.5. The largest absolute Gasteiger partial charge is 0.497 e. The number of halogens is 2. The summed E-state index contributed by atoms with van der Waals surface area (Å²) < 4.78 is 29.7.